The van der Waals surface area contributed by atoms with Crippen LogP contribution in [0.25, 0.3) is 0 Å². The lowest BCUT2D eigenvalue weighted by molar-refractivity contribution is 0.0854. The third-order valence-electron chi connectivity index (χ3n) is 1.37. The zero-order chi connectivity index (χ0) is 9.84. The van der Waals surface area contributed by atoms with Crippen molar-refractivity contribution in [2.45, 2.75) is 6.61 Å². The minimum Gasteiger partial charge on any atom is -0.450 e. The Balaban J connectivity index is 2.72. The zero-order valence-corrected chi connectivity index (χ0v) is 7.97. The summed E-state index contributed by atoms with van der Waals surface area (Å²) in [6, 6.07) is 4.77. The van der Waals surface area contributed by atoms with Crippen molar-refractivity contribution in [2.24, 2.45) is 0 Å². The second-order valence-electron chi connectivity index (χ2n) is 2.29. The van der Waals surface area contributed by atoms with Crippen LogP contribution in [0.4, 0.5) is 4.79 Å². The molecule has 1 aromatic carbocycles. The van der Waals surface area contributed by atoms with Gasteiger partial charge in [0.25, 0.3) is 0 Å². The van der Waals surface area contributed by atoms with Crippen LogP contribution in [0.2, 0.25) is 10.0 Å². The number of halogens is 2. The van der Waals surface area contributed by atoms with Crippen LogP contribution in [0, 0.1) is 0 Å². The number of hydrogen-bond acceptors (Lipinski definition) is 2. The lowest BCUT2D eigenvalue weighted by Crippen LogP contribution is -2.00. The summed E-state index contributed by atoms with van der Waals surface area (Å²) in [5.41, 5.74) is 0.591. The predicted octanol–water partition coefficient (Wildman–Crippen LogP) is 3.19. The van der Waals surface area contributed by atoms with E-state index >= 15 is 0 Å². The van der Waals surface area contributed by atoms with E-state index in [9.17, 15) is 4.79 Å². The van der Waals surface area contributed by atoms with Crippen molar-refractivity contribution in [2.75, 3.05) is 0 Å². The Bertz CT molecular complexity index is 325. The van der Waals surface area contributed by atoms with Crippen molar-refractivity contribution in [1.82, 2.24) is 0 Å². The second kappa shape index (κ2) is 4.35. The molecule has 1 aromatic rings. The fraction of sp³-hybridized carbons (Fsp3) is 0.125. The third-order valence-corrected chi connectivity index (χ3v) is 1.95. The summed E-state index contributed by atoms with van der Waals surface area (Å²) < 4.78 is 4.34. The van der Waals surface area contributed by atoms with Crippen LogP contribution in [0.3, 0.4) is 0 Å². The summed E-state index contributed by atoms with van der Waals surface area (Å²) in [5, 5.41) is 9.13. The molecule has 0 atom stereocenters. The molecular formula is C8H6Cl2O3. The molecule has 0 bridgehead atoms. The molecule has 0 spiro atoms. The van der Waals surface area contributed by atoms with Crippen LogP contribution in [-0.4, -0.2) is 11.3 Å². The molecule has 0 fully saturated rings. The zero-order valence-electron chi connectivity index (χ0n) is 6.46. The quantitative estimate of drug-likeness (QED) is 0.780. The SMILES string of the molecule is O=C(O)OCc1ccc(Cl)cc1Cl. The fourth-order valence-corrected chi connectivity index (χ4v) is 1.24. The highest BCUT2D eigenvalue weighted by Crippen LogP contribution is 2.21. The number of benzene rings is 1. The molecule has 0 aliphatic carbocycles. The first-order valence-corrected chi connectivity index (χ1v) is 4.15. The van der Waals surface area contributed by atoms with Crippen molar-refractivity contribution in [3.8, 4) is 0 Å². The van der Waals surface area contributed by atoms with Gasteiger partial charge >= 0.3 is 6.16 Å². The minimum absolute atomic E-state index is 0.0642. The molecule has 0 aliphatic heterocycles. The van der Waals surface area contributed by atoms with Gasteiger partial charge in [-0.15, -0.1) is 0 Å². The summed E-state index contributed by atoms with van der Waals surface area (Å²) in [4.78, 5) is 10.1. The molecule has 0 saturated heterocycles. The number of carboxylic acid groups (broad SMARTS) is 1. The Hall–Kier alpha value is -0.930. The van der Waals surface area contributed by atoms with Gasteiger partial charge in [-0.05, 0) is 12.1 Å². The van der Waals surface area contributed by atoms with E-state index in [-0.39, 0.29) is 6.61 Å². The molecule has 5 heteroatoms. The molecule has 70 valence electrons. The topological polar surface area (TPSA) is 46.5 Å². The van der Waals surface area contributed by atoms with Crippen LogP contribution in [0.15, 0.2) is 18.2 Å². The van der Waals surface area contributed by atoms with E-state index in [2.05, 4.69) is 4.74 Å². The first-order chi connectivity index (χ1) is 6.09. The van der Waals surface area contributed by atoms with E-state index in [0.29, 0.717) is 15.6 Å². The highest BCUT2D eigenvalue weighted by molar-refractivity contribution is 6.35. The van der Waals surface area contributed by atoms with E-state index < -0.39 is 6.16 Å². The molecule has 13 heavy (non-hydrogen) atoms. The number of hydrogen-bond donors (Lipinski definition) is 1. The monoisotopic (exact) mass is 220 g/mol. The van der Waals surface area contributed by atoms with Crippen LogP contribution < -0.4 is 0 Å². The van der Waals surface area contributed by atoms with E-state index in [1.165, 1.54) is 6.07 Å². The third kappa shape index (κ3) is 3.13. The van der Waals surface area contributed by atoms with Crippen LogP contribution >= 0.6 is 23.2 Å². The molecule has 0 amide bonds. The summed E-state index contributed by atoms with van der Waals surface area (Å²) in [6.07, 6.45) is -1.33. The van der Waals surface area contributed by atoms with Crippen molar-refractivity contribution in [1.29, 1.82) is 0 Å². The van der Waals surface area contributed by atoms with E-state index in [1.807, 2.05) is 0 Å². The lowest BCUT2D eigenvalue weighted by Gasteiger charge is -2.03. The van der Waals surface area contributed by atoms with E-state index in [1.54, 1.807) is 12.1 Å². The highest BCUT2D eigenvalue weighted by atomic mass is 35.5. The maximum absolute atomic E-state index is 10.1. The maximum Gasteiger partial charge on any atom is 0.506 e. The van der Waals surface area contributed by atoms with Crippen LogP contribution in [-0.2, 0) is 11.3 Å². The minimum atomic E-state index is -1.33. The lowest BCUT2D eigenvalue weighted by atomic mass is 10.2. The Kier molecular flexibility index (Phi) is 3.39. The molecular weight excluding hydrogens is 215 g/mol. The summed E-state index contributed by atoms with van der Waals surface area (Å²) in [6.45, 7) is -0.0642. The van der Waals surface area contributed by atoms with E-state index in [0.717, 1.165) is 0 Å². The van der Waals surface area contributed by atoms with Gasteiger partial charge in [-0.3, -0.25) is 0 Å². The average Bonchev–Trinajstić information content (AvgIpc) is 2.02. The second-order valence-corrected chi connectivity index (χ2v) is 3.13. The Labute approximate surface area is 84.8 Å². The van der Waals surface area contributed by atoms with Gasteiger partial charge in [0.2, 0.25) is 0 Å². The summed E-state index contributed by atoms with van der Waals surface area (Å²) >= 11 is 11.4. The van der Waals surface area contributed by atoms with Crippen molar-refractivity contribution in [3.63, 3.8) is 0 Å². The Morgan fingerprint density at radius 3 is 2.69 bits per heavy atom. The molecule has 3 nitrogen and oxygen atoms in total. The maximum atomic E-state index is 10.1. The molecule has 0 aliphatic rings. The molecule has 0 radical (unpaired) electrons. The van der Waals surface area contributed by atoms with Gasteiger partial charge in [0.05, 0.1) is 0 Å². The van der Waals surface area contributed by atoms with E-state index in [4.69, 9.17) is 28.3 Å². The van der Waals surface area contributed by atoms with Crippen LogP contribution in [0.5, 0.6) is 0 Å². The molecule has 1 N–H and O–H groups in total. The van der Waals surface area contributed by atoms with Gasteiger partial charge in [-0.25, -0.2) is 4.79 Å². The standard InChI is InChI=1S/C8H6Cl2O3/c9-6-2-1-5(7(10)3-6)4-13-8(11)12/h1-3H,4H2,(H,11,12). The Morgan fingerprint density at radius 2 is 2.15 bits per heavy atom. The molecule has 0 saturated carbocycles. The van der Waals surface area contributed by atoms with Gasteiger partial charge in [0.15, 0.2) is 0 Å². The first kappa shape index (κ1) is 10.2. The number of rotatable bonds is 2. The number of ether oxygens (including phenoxy) is 1. The molecule has 0 aromatic heterocycles. The van der Waals surface area contributed by atoms with Gasteiger partial charge in [0.1, 0.15) is 6.61 Å². The van der Waals surface area contributed by atoms with Crippen molar-refractivity contribution in [3.05, 3.63) is 33.8 Å². The van der Waals surface area contributed by atoms with Gasteiger partial charge in [0, 0.05) is 15.6 Å². The Morgan fingerprint density at radius 1 is 1.46 bits per heavy atom. The molecule has 1 rings (SSSR count). The largest absolute Gasteiger partial charge is 0.506 e. The summed E-state index contributed by atoms with van der Waals surface area (Å²) in [5.74, 6) is 0. The molecule has 0 heterocycles. The van der Waals surface area contributed by atoms with Gasteiger partial charge in [-0.1, -0.05) is 29.3 Å². The smallest absolute Gasteiger partial charge is 0.450 e. The van der Waals surface area contributed by atoms with Gasteiger partial charge in [-0.2, -0.15) is 0 Å². The van der Waals surface area contributed by atoms with Crippen molar-refractivity contribution < 1.29 is 14.6 Å². The first-order valence-electron chi connectivity index (χ1n) is 3.39. The normalized spacial score (nSPS) is 9.69. The van der Waals surface area contributed by atoms with Crippen molar-refractivity contribution >= 4 is 29.4 Å². The average molecular weight is 221 g/mol. The highest BCUT2D eigenvalue weighted by Gasteiger charge is 2.03. The number of carbonyl (C=O) groups is 1. The van der Waals surface area contributed by atoms with Crippen LogP contribution in [0.1, 0.15) is 5.56 Å². The molecule has 0 unspecified atom stereocenters. The predicted molar refractivity (Wildman–Crippen MR) is 49.3 cm³/mol. The van der Waals surface area contributed by atoms with Gasteiger partial charge < -0.3 is 9.84 Å². The summed E-state index contributed by atoms with van der Waals surface area (Å²) in [7, 11) is 0. The fourth-order valence-electron chi connectivity index (χ4n) is 0.778.